The first kappa shape index (κ1) is 15.3. The normalized spacial score (nSPS) is 12.3. The maximum Gasteiger partial charge on any atom is 0.0210 e. The van der Waals surface area contributed by atoms with Crippen molar-refractivity contribution in [1.29, 1.82) is 0 Å². The molecule has 1 unspecified atom stereocenters. The lowest BCUT2D eigenvalue weighted by Crippen LogP contribution is -2.19. The van der Waals surface area contributed by atoms with Crippen LogP contribution in [-0.4, -0.2) is 13.6 Å². The highest BCUT2D eigenvalue weighted by atomic mass is 79.9. The van der Waals surface area contributed by atoms with Gasteiger partial charge < -0.3 is 5.32 Å². The van der Waals surface area contributed by atoms with Gasteiger partial charge in [-0.3, -0.25) is 0 Å². The Balaban J connectivity index is 2.18. The Kier molecular flexibility index (Phi) is 5.81. The van der Waals surface area contributed by atoms with Gasteiger partial charge in [-0.05, 0) is 42.6 Å². The third-order valence-electron chi connectivity index (χ3n) is 3.71. The Morgan fingerprint density at radius 2 is 1.65 bits per heavy atom. The molecule has 2 aromatic carbocycles. The van der Waals surface area contributed by atoms with Crippen LogP contribution in [0.15, 0.2) is 53.0 Å². The number of halogens is 1. The molecule has 0 fully saturated rings. The molecule has 0 aliphatic rings. The monoisotopic (exact) mass is 331 g/mol. The van der Waals surface area contributed by atoms with Crippen LogP contribution < -0.4 is 5.32 Å². The number of benzene rings is 2. The number of aryl methyl sites for hydroxylation is 1. The van der Waals surface area contributed by atoms with E-state index in [1.807, 2.05) is 7.05 Å². The molecule has 0 saturated carbocycles. The highest BCUT2D eigenvalue weighted by Crippen LogP contribution is 2.27. The zero-order valence-electron chi connectivity index (χ0n) is 12.2. The Labute approximate surface area is 130 Å². The van der Waals surface area contributed by atoms with Crippen LogP contribution in [0.2, 0.25) is 0 Å². The molecular formula is C18H22BrN. The zero-order valence-corrected chi connectivity index (χ0v) is 13.8. The Morgan fingerprint density at radius 1 is 1.00 bits per heavy atom. The van der Waals surface area contributed by atoms with Gasteiger partial charge in [0.1, 0.15) is 0 Å². The van der Waals surface area contributed by atoms with Crippen molar-refractivity contribution in [3.8, 4) is 0 Å². The SMILES string of the molecule is CCc1ccc(CC(CNC)c2ccccc2Br)cc1. The van der Waals surface area contributed by atoms with Crippen molar-refractivity contribution in [3.05, 3.63) is 69.7 Å². The second-order valence-electron chi connectivity index (χ2n) is 5.15. The lowest BCUT2D eigenvalue weighted by atomic mass is 9.91. The third kappa shape index (κ3) is 3.94. The van der Waals surface area contributed by atoms with Crippen LogP contribution in [0.25, 0.3) is 0 Å². The fraction of sp³-hybridized carbons (Fsp3) is 0.333. The van der Waals surface area contributed by atoms with Crippen LogP contribution >= 0.6 is 15.9 Å². The summed E-state index contributed by atoms with van der Waals surface area (Å²) in [5.74, 6) is 0.489. The average molecular weight is 332 g/mol. The lowest BCUT2D eigenvalue weighted by Gasteiger charge is -2.19. The van der Waals surface area contributed by atoms with Gasteiger partial charge >= 0.3 is 0 Å². The van der Waals surface area contributed by atoms with Crippen LogP contribution in [0.3, 0.4) is 0 Å². The topological polar surface area (TPSA) is 12.0 Å². The number of rotatable bonds is 6. The maximum absolute atomic E-state index is 3.68. The van der Waals surface area contributed by atoms with E-state index in [-0.39, 0.29) is 0 Å². The first-order valence-corrected chi connectivity index (χ1v) is 8.00. The largest absolute Gasteiger partial charge is 0.319 e. The van der Waals surface area contributed by atoms with E-state index in [0.29, 0.717) is 5.92 Å². The molecule has 0 radical (unpaired) electrons. The third-order valence-corrected chi connectivity index (χ3v) is 4.43. The van der Waals surface area contributed by atoms with E-state index in [4.69, 9.17) is 0 Å². The van der Waals surface area contributed by atoms with E-state index in [1.54, 1.807) is 0 Å². The molecule has 2 aromatic rings. The molecule has 1 atom stereocenters. The van der Waals surface area contributed by atoms with Crippen LogP contribution in [0.4, 0.5) is 0 Å². The summed E-state index contributed by atoms with van der Waals surface area (Å²) in [6.07, 6.45) is 2.16. The second-order valence-corrected chi connectivity index (χ2v) is 6.00. The fourth-order valence-corrected chi connectivity index (χ4v) is 3.15. The molecule has 0 bridgehead atoms. The summed E-state index contributed by atoms with van der Waals surface area (Å²) in [7, 11) is 2.02. The predicted molar refractivity (Wildman–Crippen MR) is 90.3 cm³/mol. The minimum atomic E-state index is 0.489. The summed E-state index contributed by atoms with van der Waals surface area (Å²) < 4.78 is 1.20. The summed E-state index contributed by atoms with van der Waals surface area (Å²) in [6.45, 7) is 3.18. The molecule has 106 valence electrons. The Hall–Kier alpha value is -1.12. The molecule has 2 rings (SSSR count). The highest BCUT2D eigenvalue weighted by molar-refractivity contribution is 9.10. The smallest absolute Gasteiger partial charge is 0.0210 e. The molecule has 20 heavy (non-hydrogen) atoms. The van der Waals surface area contributed by atoms with Crippen LogP contribution in [0.5, 0.6) is 0 Å². The van der Waals surface area contributed by atoms with Crippen LogP contribution in [0, 0.1) is 0 Å². The van der Waals surface area contributed by atoms with Gasteiger partial charge in [-0.25, -0.2) is 0 Å². The number of hydrogen-bond acceptors (Lipinski definition) is 1. The fourth-order valence-electron chi connectivity index (χ4n) is 2.54. The quantitative estimate of drug-likeness (QED) is 0.818. The summed E-state index contributed by atoms with van der Waals surface area (Å²) in [5, 5.41) is 3.32. The van der Waals surface area contributed by atoms with Gasteiger partial charge in [-0.1, -0.05) is 65.3 Å². The molecule has 2 heteroatoms. The van der Waals surface area contributed by atoms with Crippen molar-refractivity contribution >= 4 is 15.9 Å². The highest BCUT2D eigenvalue weighted by Gasteiger charge is 2.14. The minimum Gasteiger partial charge on any atom is -0.319 e. The van der Waals surface area contributed by atoms with E-state index < -0.39 is 0 Å². The second kappa shape index (κ2) is 7.61. The lowest BCUT2D eigenvalue weighted by molar-refractivity contribution is 0.623. The van der Waals surface area contributed by atoms with Crippen molar-refractivity contribution < 1.29 is 0 Å². The van der Waals surface area contributed by atoms with E-state index >= 15 is 0 Å². The van der Waals surface area contributed by atoms with Gasteiger partial charge in [0.15, 0.2) is 0 Å². The van der Waals surface area contributed by atoms with Gasteiger partial charge in [-0.15, -0.1) is 0 Å². The molecule has 1 nitrogen and oxygen atoms in total. The van der Waals surface area contributed by atoms with E-state index in [9.17, 15) is 0 Å². The predicted octanol–water partition coefficient (Wildman–Crippen LogP) is 4.56. The zero-order chi connectivity index (χ0) is 14.4. The summed E-state index contributed by atoms with van der Waals surface area (Å²) in [4.78, 5) is 0. The van der Waals surface area contributed by atoms with Crippen molar-refractivity contribution in [2.24, 2.45) is 0 Å². The molecule has 0 amide bonds. The standard InChI is InChI=1S/C18H22BrN/c1-3-14-8-10-15(11-9-14)12-16(13-20-2)17-6-4-5-7-18(17)19/h4-11,16,20H,3,12-13H2,1-2H3. The number of likely N-dealkylation sites (N-methyl/N-ethyl adjacent to an activating group) is 1. The number of hydrogen-bond donors (Lipinski definition) is 1. The van der Waals surface area contributed by atoms with Gasteiger partial charge in [-0.2, -0.15) is 0 Å². The maximum atomic E-state index is 3.68. The summed E-state index contributed by atoms with van der Waals surface area (Å²) >= 11 is 3.68. The Bertz CT molecular complexity index is 533. The molecule has 0 aliphatic heterocycles. The van der Waals surface area contributed by atoms with Crippen molar-refractivity contribution in [2.75, 3.05) is 13.6 Å². The van der Waals surface area contributed by atoms with Gasteiger partial charge in [0.2, 0.25) is 0 Å². The number of nitrogens with one attached hydrogen (secondary N) is 1. The molecule has 0 spiro atoms. The summed E-state index contributed by atoms with van der Waals surface area (Å²) in [5.41, 5.74) is 4.18. The van der Waals surface area contributed by atoms with Crippen molar-refractivity contribution in [2.45, 2.75) is 25.7 Å². The Morgan fingerprint density at radius 3 is 2.25 bits per heavy atom. The van der Waals surface area contributed by atoms with Crippen LogP contribution in [-0.2, 0) is 12.8 Å². The molecular weight excluding hydrogens is 310 g/mol. The first-order chi connectivity index (χ1) is 9.74. The van der Waals surface area contributed by atoms with E-state index in [1.165, 1.54) is 21.2 Å². The van der Waals surface area contributed by atoms with Crippen LogP contribution in [0.1, 0.15) is 29.5 Å². The molecule has 0 saturated heterocycles. The van der Waals surface area contributed by atoms with Gasteiger partial charge in [0, 0.05) is 16.9 Å². The van der Waals surface area contributed by atoms with Gasteiger partial charge in [0.25, 0.3) is 0 Å². The molecule has 0 heterocycles. The summed E-state index contributed by atoms with van der Waals surface area (Å²) in [6, 6.07) is 17.5. The molecule has 1 N–H and O–H groups in total. The van der Waals surface area contributed by atoms with Gasteiger partial charge in [0.05, 0.1) is 0 Å². The van der Waals surface area contributed by atoms with E-state index in [0.717, 1.165) is 19.4 Å². The first-order valence-electron chi connectivity index (χ1n) is 7.21. The minimum absolute atomic E-state index is 0.489. The van der Waals surface area contributed by atoms with E-state index in [2.05, 4.69) is 76.7 Å². The van der Waals surface area contributed by atoms with Crippen molar-refractivity contribution in [3.63, 3.8) is 0 Å². The average Bonchev–Trinajstić information content (AvgIpc) is 2.48. The molecule has 0 aliphatic carbocycles. The molecule has 0 aromatic heterocycles. The van der Waals surface area contributed by atoms with Crippen molar-refractivity contribution in [1.82, 2.24) is 5.32 Å².